The van der Waals surface area contributed by atoms with Crippen LogP contribution in [0.25, 0.3) is 0 Å². The van der Waals surface area contributed by atoms with E-state index in [1.54, 1.807) is 0 Å². The van der Waals surface area contributed by atoms with E-state index in [2.05, 4.69) is 23.2 Å². The molecule has 2 rings (SSSR count). The van der Waals surface area contributed by atoms with Gasteiger partial charge in [0.25, 0.3) is 0 Å². The third kappa shape index (κ3) is 3.20. The van der Waals surface area contributed by atoms with Gasteiger partial charge < -0.3 is 5.32 Å². The smallest absolute Gasteiger partial charge is 0.108 e. The first kappa shape index (κ1) is 12.9. The molecule has 1 N–H and O–H groups in total. The lowest BCUT2D eigenvalue weighted by atomic mass is 9.85. The van der Waals surface area contributed by atoms with Crippen LogP contribution in [-0.2, 0) is 0 Å². The van der Waals surface area contributed by atoms with Crippen molar-refractivity contribution in [2.24, 2.45) is 5.92 Å². The fourth-order valence-electron chi connectivity index (χ4n) is 3.43. The van der Waals surface area contributed by atoms with Crippen LogP contribution in [0.2, 0.25) is 0 Å². The van der Waals surface area contributed by atoms with E-state index in [9.17, 15) is 0 Å². The molecule has 0 radical (unpaired) electrons. The second kappa shape index (κ2) is 6.37. The molecule has 3 nitrogen and oxygen atoms in total. The predicted octanol–water partition coefficient (Wildman–Crippen LogP) is 2.14. The standard InChI is InChI=1S/C14H25N3/c1-2-8-16-13(10-15)11-17-9-7-12-5-3-4-6-14(12)17/h12-14,16H,2-9,11H2,1H3. The van der Waals surface area contributed by atoms with Gasteiger partial charge in [-0.2, -0.15) is 5.26 Å². The van der Waals surface area contributed by atoms with Crippen LogP contribution in [0.15, 0.2) is 0 Å². The second-order valence-corrected chi connectivity index (χ2v) is 5.53. The fourth-order valence-corrected chi connectivity index (χ4v) is 3.43. The van der Waals surface area contributed by atoms with Crippen LogP contribution in [0.3, 0.4) is 0 Å². The first-order valence-corrected chi connectivity index (χ1v) is 7.22. The Morgan fingerprint density at radius 3 is 2.94 bits per heavy atom. The summed E-state index contributed by atoms with van der Waals surface area (Å²) in [6.45, 7) is 5.24. The summed E-state index contributed by atoms with van der Waals surface area (Å²) in [5.41, 5.74) is 0. The first-order chi connectivity index (χ1) is 8.35. The second-order valence-electron chi connectivity index (χ2n) is 5.53. The maximum atomic E-state index is 9.17. The molecule has 1 aliphatic heterocycles. The molecule has 1 saturated heterocycles. The number of hydrogen-bond donors (Lipinski definition) is 1. The molecule has 3 heteroatoms. The highest BCUT2D eigenvalue weighted by molar-refractivity contribution is 4.97. The number of likely N-dealkylation sites (tertiary alicyclic amines) is 1. The minimum absolute atomic E-state index is 0.0237. The van der Waals surface area contributed by atoms with Gasteiger partial charge in [-0.3, -0.25) is 4.90 Å². The largest absolute Gasteiger partial charge is 0.301 e. The maximum absolute atomic E-state index is 9.17. The summed E-state index contributed by atoms with van der Waals surface area (Å²) < 4.78 is 0. The molecule has 1 saturated carbocycles. The van der Waals surface area contributed by atoms with E-state index in [-0.39, 0.29) is 6.04 Å². The molecule has 0 bridgehead atoms. The molecule has 3 unspecified atom stereocenters. The SMILES string of the molecule is CCCNC(C#N)CN1CCC2CCCCC21. The molecule has 0 aromatic heterocycles. The lowest BCUT2D eigenvalue weighted by molar-refractivity contribution is 0.175. The third-order valence-corrected chi connectivity index (χ3v) is 4.34. The highest BCUT2D eigenvalue weighted by Crippen LogP contribution is 2.35. The van der Waals surface area contributed by atoms with E-state index in [1.165, 1.54) is 38.6 Å². The molecule has 0 spiro atoms. The van der Waals surface area contributed by atoms with Gasteiger partial charge in [0.1, 0.15) is 6.04 Å². The summed E-state index contributed by atoms with van der Waals surface area (Å²) in [6.07, 6.45) is 8.04. The van der Waals surface area contributed by atoms with Gasteiger partial charge in [-0.25, -0.2) is 0 Å². The number of rotatable bonds is 5. The van der Waals surface area contributed by atoms with Crippen molar-refractivity contribution in [3.05, 3.63) is 0 Å². The summed E-state index contributed by atoms with van der Waals surface area (Å²) in [4.78, 5) is 2.57. The zero-order valence-corrected chi connectivity index (χ0v) is 11.0. The van der Waals surface area contributed by atoms with Gasteiger partial charge in [0, 0.05) is 12.6 Å². The summed E-state index contributed by atoms with van der Waals surface area (Å²) in [5.74, 6) is 0.925. The normalized spacial score (nSPS) is 30.8. The lowest BCUT2D eigenvalue weighted by Crippen LogP contribution is -2.44. The van der Waals surface area contributed by atoms with Gasteiger partial charge in [0.2, 0.25) is 0 Å². The van der Waals surface area contributed by atoms with Crippen molar-refractivity contribution in [1.29, 1.82) is 5.26 Å². The van der Waals surface area contributed by atoms with Crippen molar-refractivity contribution in [1.82, 2.24) is 10.2 Å². The fraction of sp³-hybridized carbons (Fsp3) is 0.929. The van der Waals surface area contributed by atoms with Crippen LogP contribution >= 0.6 is 0 Å². The zero-order chi connectivity index (χ0) is 12.1. The Morgan fingerprint density at radius 2 is 2.18 bits per heavy atom. The Morgan fingerprint density at radius 1 is 1.35 bits per heavy atom. The van der Waals surface area contributed by atoms with Crippen LogP contribution in [0, 0.1) is 17.2 Å². The van der Waals surface area contributed by atoms with Crippen LogP contribution in [0.4, 0.5) is 0 Å². The third-order valence-electron chi connectivity index (χ3n) is 4.34. The summed E-state index contributed by atoms with van der Waals surface area (Å²) in [6, 6.07) is 3.21. The van der Waals surface area contributed by atoms with Gasteiger partial charge >= 0.3 is 0 Å². The molecule has 1 aliphatic carbocycles. The minimum Gasteiger partial charge on any atom is -0.301 e. The summed E-state index contributed by atoms with van der Waals surface area (Å²) in [5, 5.41) is 12.5. The quantitative estimate of drug-likeness (QED) is 0.793. The molecular formula is C14H25N3. The Balaban J connectivity index is 1.83. The van der Waals surface area contributed by atoms with E-state index < -0.39 is 0 Å². The molecule has 0 aromatic carbocycles. The van der Waals surface area contributed by atoms with E-state index in [4.69, 9.17) is 5.26 Å². The average molecular weight is 235 g/mol. The van der Waals surface area contributed by atoms with Crippen LogP contribution in [0.1, 0.15) is 45.4 Å². The lowest BCUT2D eigenvalue weighted by Gasteiger charge is -2.32. The van der Waals surface area contributed by atoms with Gasteiger partial charge in [0.05, 0.1) is 6.07 Å². The summed E-state index contributed by atoms with van der Waals surface area (Å²) >= 11 is 0. The molecular weight excluding hydrogens is 210 g/mol. The van der Waals surface area contributed by atoms with Gasteiger partial charge in [0.15, 0.2) is 0 Å². The topological polar surface area (TPSA) is 39.1 Å². The number of hydrogen-bond acceptors (Lipinski definition) is 3. The molecule has 2 fully saturated rings. The zero-order valence-electron chi connectivity index (χ0n) is 11.0. The van der Waals surface area contributed by atoms with Gasteiger partial charge in [-0.1, -0.05) is 19.8 Å². The maximum Gasteiger partial charge on any atom is 0.108 e. The van der Waals surface area contributed by atoms with E-state index in [1.807, 2.05) is 0 Å². The number of nitrogens with one attached hydrogen (secondary N) is 1. The number of nitriles is 1. The first-order valence-electron chi connectivity index (χ1n) is 7.22. The monoisotopic (exact) mass is 235 g/mol. The van der Waals surface area contributed by atoms with E-state index in [0.717, 1.165) is 31.5 Å². The van der Waals surface area contributed by atoms with Crippen molar-refractivity contribution in [2.75, 3.05) is 19.6 Å². The van der Waals surface area contributed by atoms with Crippen molar-refractivity contribution in [2.45, 2.75) is 57.5 Å². The van der Waals surface area contributed by atoms with Crippen molar-refractivity contribution in [3.63, 3.8) is 0 Å². The predicted molar refractivity (Wildman–Crippen MR) is 69.6 cm³/mol. The van der Waals surface area contributed by atoms with Crippen LogP contribution < -0.4 is 5.32 Å². The van der Waals surface area contributed by atoms with Gasteiger partial charge in [-0.15, -0.1) is 0 Å². The Hall–Kier alpha value is -0.590. The highest BCUT2D eigenvalue weighted by atomic mass is 15.2. The van der Waals surface area contributed by atoms with Crippen molar-refractivity contribution in [3.8, 4) is 6.07 Å². The highest BCUT2D eigenvalue weighted by Gasteiger charge is 2.36. The molecule has 0 aromatic rings. The molecule has 0 amide bonds. The molecule has 3 atom stereocenters. The van der Waals surface area contributed by atoms with Crippen molar-refractivity contribution >= 4 is 0 Å². The van der Waals surface area contributed by atoms with Crippen LogP contribution in [0.5, 0.6) is 0 Å². The van der Waals surface area contributed by atoms with Gasteiger partial charge in [-0.05, 0) is 44.7 Å². The van der Waals surface area contributed by atoms with E-state index in [0.29, 0.717) is 0 Å². The summed E-state index contributed by atoms with van der Waals surface area (Å²) in [7, 11) is 0. The molecule has 1 heterocycles. The Kier molecular flexibility index (Phi) is 4.82. The van der Waals surface area contributed by atoms with Crippen LogP contribution in [-0.4, -0.2) is 36.6 Å². The Labute approximate surface area is 105 Å². The minimum atomic E-state index is 0.0237. The Bertz CT molecular complexity index is 271. The average Bonchev–Trinajstić information content (AvgIpc) is 2.78. The molecule has 2 aliphatic rings. The van der Waals surface area contributed by atoms with Crippen molar-refractivity contribution < 1.29 is 0 Å². The number of nitrogens with zero attached hydrogens (tertiary/aromatic N) is 2. The van der Waals surface area contributed by atoms with E-state index >= 15 is 0 Å². The number of fused-ring (bicyclic) bond motifs is 1. The molecule has 96 valence electrons. The molecule has 17 heavy (non-hydrogen) atoms.